The summed E-state index contributed by atoms with van der Waals surface area (Å²) in [6, 6.07) is 9.64. The summed E-state index contributed by atoms with van der Waals surface area (Å²) >= 11 is 0. The number of aromatic hydroxyl groups is 1. The lowest BCUT2D eigenvalue weighted by Gasteiger charge is -2.26. The molecule has 1 aliphatic heterocycles. The van der Waals surface area contributed by atoms with Crippen LogP contribution in [0.2, 0.25) is 0 Å². The number of ether oxygens (including phenoxy) is 3. The first-order chi connectivity index (χ1) is 15.8. The number of phenolic OH excluding ortho intramolecular Hbond substituents is 1. The van der Waals surface area contributed by atoms with E-state index in [1.807, 2.05) is 0 Å². The third-order valence-corrected chi connectivity index (χ3v) is 6.99. The lowest BCUT2D eigenvalue weighted by Crippen LogP contribution is -2.40. The van der Waals surface area contributed by atoms with Crippen molar-refractivity contribution >= 4 is 22.1 Å². The highest BCUT2D eigenvalue weighted by molar-refractivity contribution is 7.89. The molecule has 0 bridgehead atoms. The van der Waals surface area contributed by atoms with E-state index in [0.717, 1.165) is 5.56 Å². The smallest absolute Gasteiger partial charge is 0.243 e. The molecule has 0 saturated carbocycles. The summed E-state index contributed by atoms with van der Waals surface area (Å²) in [4.78, 5) is 12.3. The quantitative estimate of drug-likeness (QED) is 0.414. The van der Waals surface area contributed by atoms with E-state index in [1.54, 1.807) is 36.4 Å². The van der Waals surface area contributed by atoms with Gasteiger partial charge in [-0.15, -0.1) is 0 Å². The highest BCUT2D eigenvalue weighted by Gasteiger charge is 2.26. The van der Waals surface area contributed by atoms with Crippen LogP contribution in [-0.2, 0) is 26.0 Å². The second kappa shape index (κ2) is 11.1. The van der Waals surface area contributed by atoms with Gasteiger partial charge in [-0.25, -0.2) is 13.8 Å². The highest BCUT2D eigenvalue weighted by Crippen LogP contribution is 2.36. The number of carbonyl (C=O) groups is 1. The summed E-state index contributed by atoms with van der Waals surface area (Å²) in [5, 5.41) is 13.8. The van der Waals surface area contributed by atoms with Gasteiger partial charge in [0.15, 0.2) is 11.5 Å². The Bertz CT molecular complexity index is 1070. The Labute approximate surface area is 192 Å². The van der Waals surface area contributed by atoms with Gasteiger partial charge in [0, 0.05) is 25.1 Å². The minimum absolute atomic E-state index is 0.120. The predicted molar refractivity (Wildman–Crippen MR) is 121 cm³/mol. The molecule has 1 fully saturated rings. The zero-order chi connectivity index (χ0) is 23.8. The van der Waals surface area contributed by atoms with Crippen LogP contribution in [0.1, 0.15) is 17.5 Å². The molecule has 10 nitrogen and oxygen atoms in total. The third-order valence-electron chi connectivity index (χ3n) is 5.08. The zero-order valence-corrected chi connectivity index (χ0v) is 19.3. The Morgan fingerprint density at radius 1 is 1.15 bits per heavy atom. The van der Waals surface area contributed by atoms with E-state index < -0.39 is 10.0 Å². The van der Waals surface area contributed by atoms with E-state index in [0.29, 0.717) is 38.3 Å². The van der Waals surface area contributed by atoms with Gasteiger partial charge in [-0.3, -0.25) is 4.79 Å². The number of rotatable bonds is 9. The number of nitrogens with zero attached hydrogens (tertiary/aromatic N) is 2. The van der Waals surface area contributed by atoms with Gasteiger partial charge in [0.1, 0.15) is 0 Å². The van der Waals surface area contributed by atoms with Crippen molar-refractivity contribution < 1.29 is 32.5 Å². The molecule has 11 heteroatoms. The van der Waals surface area contributed by atoms with Crippen LogP contribution in [0.3, 0.4) is 0 Å². The van der Waals surface area contributed by atoms with Crippen LogP contribution in [0.25, 0.3) is 0 Å². The van der Waals surface area contributed by atoms with E-state index in [9.17, 15) is 18.3 Å². The van der Waals surface area contributed by atoms with Gasteiger partial charge < -0.3 is 19.3 Å². The molecule has 3 rings (SSSR count). The van der Waals surface area contributed by atoms with Crippen molar-refractivity contribution in [1.82, 2.24) is 9.73 Å². The molecule has 178 valence electrons. The molecular weight excluding hydrogens is 450 g/mol. The Hall–Kier alpha value is -3.15. The van der Waals surface area contributed by atoms with Crippen LogP contribution >= 0.6 is 0 Å². The SMILES string of the molecule is COc1cc(/C=N\NC(=O)CCc2ccc(S(=O)(=O)N3CCOCC3)cc2)cc(OC)c1O. The second-order valence-electron chi connectivity index (χ2n) is 7.23. The molecule has 0 aromatic heterocycles. The van der Waals surface area contributed by atoms with Gasteiger partial charge in [0.25, 0.3) is 0 Å². The molecule has 0 unspecified atom stereocenters. The van der Waals surface area contributed by atoms with E-state index in [2.05, 4.69) is 10.5 Å². The van der Waals surface area contributed by atoms with Crippen LogP contribution in [0.5, 0.6) is 17.2 Å². The van der Waals surface area contributed by atoms with Crippen molar-refractivity contribution in [3.8, 4) is 17.2 Å². The van der Waals surface area contributed by atoms with Crippen molar-refractivity contribution in [1.29, 1.82) is 0 Å². The maximum atomic E-state index is 12.7. The van der Waals surface area contributed by atoms with Crippen molar-refractivity contribution in [3.63, 3.8) is 0 Å². The molecule has 2 aromatic rings. The molecule has 1 saturated heterocycles. The number of hydrogen-bond donors (Lipinski definition) is 2. The molecule has 1 heterocycles. The lowest BCUT2D eigenvalue weighted by molar-refractivity contribution is -0.121. The van der Waals surface area contributed by atoms with Crippen LogP contribution in [-0.4, -0.2) is 70.5 Å². The topological polar surface area (TPSA) is 127 Å². The largest absolute Gasteiger partial charge is 0.502 e. The van der Waals surface area contributed by atoms with Crippen molar-refractivity contribution in [3.05, 3.63) is 47.5 Å². The molecule has 33 heavy (non-hydrogen) atoms. The summed E-state index contributed by atoms with van der Waals surface area (Å²) in [6.07, 6.45) is 2.02. The molecule has 0 spiro atoms. The number of hydrazone groups is 1. The molecular formula is C22H27N3O7S. The van der Waals surface area contributed by atoms with E-state index in [-0.39, 0.29) is 34.5 Å². The number of hydrogen-bond acceptors (Lipinski definition) is 8. The maximum absolute atomic E-state index is 12.7. The van der Waals surface area contributed by atoms with Crippen molar-refractivity contribution in [2.45, 2.75) is 17.7 Å². The van der Waals surface area contributed by atoms with E-state index >= 15 is 0 Å². The molecule has 0 atom stereocenters. The van der Waals surface area contributed by atoms with Crippen LogP contribution in [0.4, 0.5) is 0 Å². The van der Waals surface area contributed by atoms with Gasteiger partial charge >= 0.3 is 0 Å². The minimum atomic E-state index is -3.54. The van der Waals surface area contributed by atoms with Gasteiger partial charge in [-0.1, -0.05) is 12.1 Å². The maximum Gasteiger partial charge on any atom is 0.243 e. The summed E-state index contributed by atoms with van der Waals surface area (Å²) in [5.74, 6) is 0.0290. The van der Waals surface area contributed by atoms with Crippen molar-refractivity contribution in [2.75, 3.05) is 40.5 Å². The summed E-state index contributed by atoms with van der Waals surface area (Å²) in [7, 11) is -0.703. The third kappa shape index (κ3) is 6.21. The molecule has 2 N–H and O–H groups in total. The average Bonchev–Trinajstić information content (AvgIpc) is 2.84. The molecule has 1 aliphatic rings. The number of methoxy groups -OCH3 is 2. The number of aryl methyl sites for hydroxylation is 1. The fraction of sp³-hybridized carbons (Fsp3) is 0.364. The fourth-order valence-electron chi connectivity index (χ4n) is 3.24. The first-order valence-corrected chi connectivity index (χ1v) is 11.7. The summed E-state index contributed by atoms with van der Waals surface area (Å²) in [5.41, 5.74) is 3.85. The lowest BCUT2D eigenvalue weighted by atomic mass is 10.1. The fourth-order valence-corrected chi connectivity index (χ4v) is 4.65. The monoisotopic (exact) mass is 477 g/mol. The number of amides is 1. The molecule has 1 amide bonds. The van der Waals surface area contributed by atoms with Gasteiger partial charge in [0.05, 0.1) is 38.5 Å². The van der Waals surface area contributed by atoms with Gasteiger partial charge in [-0.05, 0) is 36.2 Å². The van der Waals surface area contributed by atoms with E-state index in [1.165, 1.54) is 24.7 Å². The average molecular weight is 478 g/mol. The molecule has 2 aromatic carbocycles. The number of nitrogens with one attached hydrogen (secondary N) is 1. The molecule has 0 radical (unpaired) electrons. The standard InChI is InChI=1S/C22H27N3O7S/c1-30-19-13-17(14-20(31-2)22(19)27)15-23-24-21(26)8-5-16-3-6-18(7-4-16)33(28,29)25-9-11-32-12-10-25/h3-4,6-7,13-15,27H,5,8-12H2,1-2H3,(H,24,26)/b23-15-. The molecule has 0 aliphatic carbocycles. The van der Waals surface area contributed by atoms with Gasteiger partial charge in [-0.2, -0.15) is 9.41 Å². The van der Waals surface area contributed by atoms with Crippen LogP contribution < -0.4 is 14.9 Å². The van der Waals surface area contributed by atoms with Crippen molar-refractivity contribution in [2.24, 2.45) is 5.10 Å². The Kier molecular flexibility index (Phi) is 8.26. The first kappa shape index (κ1) is 24.5. The van der Waals surface area contributed by atoms with Crippen LogP contribution in [0.15, 0.2) is 46.4 Å². The van der Waals surface area contributed by atoms with E-state index in [4.69, 9.17) is 14.2 Å². The minimum Gasteiger partial charge on any atom is -0.502 e. The number of phenols is 1. The van der Waals surface area contributed by atoms with Crippen LogP contribution in [0, 0.1) is 0 Å². The summed E-state index contributed by atoms with van der Waals surface area (Å²) < 4.78 is 42.1. The first-order valence-electron chi connectivity index (χ1n) is 10.3. The number of benzene rings is 2. The normalized spacial score (nSPS) is 14.8. The predicted octanol–water partition coefficient (Wildman–Crippen LogP) is 1.51. The number of morpholine rings is 1. The Morgan fingerprint density at radius 3 is 2.33 bits per heavy atom. The number of sulfonamides is 1. The van der Waals surface area contributed by atoms with Gasteiger partial charge in [0.2, 0.25) is 21.7 Å². The number of carbonyl (C=O) groups excluding carboxylic acids is 1. The summed E-state index contributed by atoms with van der Waals surface area (Å²) in [6.45, 7) is 1.47. The Balaban J connectivity index is 1.53. The highest BCUT2D eigenvalue weighted by atomic mass is 32.2. The second-order valence-corrected chi connectivity index (χ2v) is 9.17. The Morgan fingerprint density at radius 2 is 1.76 bits per heavy atom. The zero-order valence-electron chi connectivity index (χ0n) is 18.5.